The van der Waals surface area contributed by atoms with Crippen molar-refractivity contribution in [3.05, 3.63) is 40.1 Å². The molecule has 0 radical (unpaired) electrons. The predicted octanol–water partition coefficient (Wildman–Crippen LogP) is 1.41. The first kappa shape index (κ1) is 10.5. The van der Waals surface area contributed by atoms with E-state index in [0.29, 0.717) is 16.9 Å². The van der Waals surface area contributed by atoms with Crippen molar-refractivity contribution in [3.63, 3.8) is 0 Å². The Labute approximate surface area is 91.5 Å². The molecule has 2 aromatic rings. The van der Waals surface area contributed by atoms with Crippen molar-refractivity contribution >= 4 is 5.69 Å². The van der Waals surface area contributed by atoms with Crippen LogP contribution in [0.15, 0.2) is 23.0 Å². The minimum Gasteiger partial charge on any atom is -0.399 e. The van der Waals surface area contributed by atoms with Gasteiger partial charge in [-0.3, -0.25) is 14.6 Å². The van der Waals surface area contributed by atoms with Gasteiger partial charge in [0.1, 0.15) is 5.82 Å². The van der Waals surface area contributed by atoms with Crippen LogP contribution in [0, 0.1) is 12.7 Å². The second-order valence-electron chi connectivity index (χ2n) is 3.72. The highest BCUT2D eigenvalue weighted by Crippen LogP contribution is 2.23. The first-order valence-corrected chi connectivity index (χ1v) is 4.81. The van der Waals surface area contributed by atoms with E-state index in [9.17, 15) is 9.18 Å². The van der Waals surface area contributed by atoms with E-state index in [1.807, 2.05) is 0 Å². The highest BCUT2D eigenvalue weighted by Gasteiger charge is 2.15. The number of benzene rings is 1. The average molecular weight is 221 g/mol. The average Bonchev–Trinajstić information content (AvgIpc) is 2.43. The van der Waals surface area contributed by atoms with Gasteiger partial charge in [0.2, 0.25) is 0 Å². The third kappa shape index (κ3) is 1.50. The lowest BCUT2D eigenvalue weighted by Crippen LogP contribution is -2.13. The number of aryl methyl sites for hydroxylation is 2. The molecular formula is C11H12FN3O. The Morgan fingerprint density at radius 2 is 2.12 bits per heavy atom. The maximum absolute atomic E-state index is 13.7. The van der Waals surface area contributed by atoms with Crippen LogP contribution in [-0.2, 0) is 7.05 Å². The Bertz CT molecular complexity index is 598. The van der Waals surface area contributed by atoms with E-state index < -0.39 is 5.82 Å². The second-order valence-corrected chi connectivity index (χ2v) is 3.72. The minimum absolute atomic E-state index is 0.249. The fraction of sp³-hybridized carbons (Fsp3) is 0.182. The zero-order valence-electron chi connectivity index (χ0n) is 9.04. The lowest BCUT2D eigenvalue weighted by Gasteiger charge is -2.01. The third-order valence-electron chi connectivity index (χ3n) is 2.49. The zero-order valence-corrected chi connectivity index (χ0v) is 9.04. The number of nitrogens with zero attached hydrogens (tertiary/aromatic N) is 1. The summed E-state index contributed by atoms with van der Waals surface area (Å²) in [5, 5.41) is 2.82. The molecule has 0 saturated carbocycles. The van der Waals surface area contributed by atoms with Gasteiger partial charge in [0, 0.05) is 24.0 Å². The second kappa shape index (κ2) is 3.52. The molecule has 1 heterocycles. The molecule has 1 aromatic heterocycles. The number of nitrogen functional groups attached to an aromatic ring is 1. The summed E-state index contributed by atoms with van der Waals surface area (Å²) in [6.07, 6.45) is 0. The smallest absolute Gasteiger partial charge is 0.274 e. The van der Waals surface area contributed by atoms with Gasteiger partial charge in [-0.05, 0) is 25.1 Å². The van der Waals surface area contributed by atoms with Crippen LogP contribution in [-0.4, -0.2) is 9.78 Å². The Morgan fingerprint density at radius 1 is 1.44 bits per heavy atom. The number of nitrogens with two attached hydrogens (primary N) is 1. The molecule has 1 aromatic carbocycles. The highest BCUT2D eigenvalue weighted by atomic mass is 19.1. The van der Waals surface area contributed by atoms with Crippen LogP contribution in [0.25, 0.3) is 11.1 Å². The SMILES string of the molecule is Cc1[nH]n(C)c(=O)c1-c1ccc(N)cc1F. The number of H-pyrrole nitrogens is 1. The van der Waals surface area contributed by atoms with Gasteiger partial charge in [-0.1, -0.05) is 0 Å². The number of aromatic amines is 1. The van der Waals surface area contributed by atoms with E-state index in [4.69, 9.17) is 5.73 Å². The maximum Gasteiger partial charge on any atom is 0.274 e. The summed E-state index contributed by atoms with van der Waals surface area (Å²) in [6.45, 7) is 1.73. The van der Waals surface area contributed by atoms with Gasteiger partial charge in [0.15, 0.2) is 0 Å². The summed E-state index contributed by atoms with van der Waals surface area (Å²) in [4.78, 5) is 11.8. The van der Waals surface area contributed by atoms with E-state index in [1.165, 1.54) is 16.8 Å². The number of aromatic nitrogens is 2. The quantitative estimate of drug-likeness (QED) is 0.715. The van der Waals surface area contributed by atoms with Crippen LogP contribution in [0.1, 0.15) is 5.69 Å². The minimum atomic E-state index is -0.486. The molecule has 3 N–H and O–H groups in total. The molecule has 84 valence electrons. The molecule has 5 heteroatoms. The van der Waals surface area contributed by atoms with E-state index in [1.54, 1.807) is 20.0 Å². The first-order chi connectivity index (χ1) is 7.50. The van der Waals surface area contributed by atoms with Crippen molar-refractivity contribution in [2.24, 2.45) is 7.05 Å². The van der Waals surface area contributed by atoms with Crippen LogP contribution in [0.5, 0.6) is 0 Å². The van der Waals surface area contributed by atoms with E-state index in [-0.39, 0.29) is 11.1 Å². The molecule has 0 bridgehead atoms. The number of anilines is 1. The predicted molar refractivity (Wildman–Crippen MR) is 60.6 cm³/mol. The molecule has 0 aliphatic heterocycles. The lowest BCUT2D eigenvalue weighted by atomic mass is 10.1. The zero-order chi connectivity index (χ0) is 11.9. The van der Waals surface area contributed by atoms with Crippen molar-refractivity contribution in [2.45, 2.75) is 6.92 Å². The standard InChI is InChI=1S/C11H12FN3O/c1-6-10(11(16)15(2)14-6)8-4-3-7(13)5-9(8)12/h3-5,14H,13H2,1-2H3. The van der Waals surface area contributed by atoms with Crippen LogP contribution < -0.4 is 11.3 Å². The largest absolute Gasteiger partial charge is 0.399 e. The molecule has 16 heavy (non-hydrogen) atoms. The topological polar surface area (TPSA) is 63.8 Å². The summed E-state index contributed by atoms with van der Waals surface area (Å²) in [6, 6.07) is 4.30. The maximum atomic E-state index is 13.7. The van der Waals surface area contributed by atoms with E-state index in [2.05, 4.69) is 5.10 Å². The molecular weight excluding hydrogens is 209 g/mol. The Morgan fingerprint density at radius 3 is 2.62 bits per heavy atom. The third-order valence-corrected chi connectivity index (χ3v) is 2.49. The van der Waals surface area contributed by atoms with Gasteiger partial charge in [-0.25, -0.2) is 4.39 Å². The van der Waals surface area contributed by atoms with Crippen molar-refractivity contribution in [3.8, 4) is 11.1 Å². The Balaban J connectivity index is 2.72. The molecule has 0 amide bonds. The van der Waals surface area contributed by atoms with Crippen molar-refractivity contribution in [1.82, 2.24) is 9.78 Å². The summed E-state index contributed by atoms with van der Waals surface area (Å²) in [5.41, 5.74) is 6.80. The monoisotopic (exact) mass is 221 g/mol. The highest BCUT2D eigenvalue weighted by molar-refractivity contribution is 5.67. The van der Waals surface area contributed by atoms with Gasteiger partial charge in [0.25, 0.3) is 5.56 Å². The number of nitrogens with one attached hydrogen (secondary N) is 1. The molecule has 0 atom stereocenters. The van der Waals surface area contributed by atoms with Crippen LogP contribution in [0.3, 0.4) is 0 Å². The summed E-state index contributed by atoms with van der Waals surface area (Å²) < 4.78 is 15.0. The molecule has 0 saturated heterocycles. The van der Waals surface area contributed by atoms with Gasteiger partial charge in [0.05, 0.1) is 5.56 Å². The fourth-order valence-corrected chi connectivity index (χ4v) is 1.74. The summed E-state index contributed by atoms with van der Waals surface area (Å²) in [7, 11) is 1.59. The first-order valence-electron chi connectivity index (χ1n) is 4.81. The molecule has 2 rings (SSSR count). The molecule has 4 nitrogen and oxygen atoms in total. The van der Waals surface area contributed by atoms with E-state index >= 15 is 0 Å². The number of rotatable bonds is 1. The number of hydrogen-bond donors (Lipinski definition) is 2. The van der Waals surface area contributed by atoms with Crippen molar-refractivity contribution < 1.29 is 4.39 Å². The molecule has 0 fully saturated rings. The molecule has 0 spiro atoms. The molecule has 0 aliphatic rings. The summed E-state index contributed by atoms with van der Waals surface area (Å²) >= 11 is 0. The van der Waals surface area contributed by atoms with Gasteiger partial charge in [-0.15, -0.1) is 0 Å². The summed E-state index contributed by atoms with van der Waals surface area (Å²) in [5.74, 6) is -0.486. The molecule has 0 unspecified atom stereocenters. The lowest BCUT2D eigenvalue weighted by molar-refractivity contribution is 0.631. The van der Waals surface area contributed by atoms with Crippen LogP contribution in [0.2, 0.25) is 0 Å². The van der Waals surface area contributed by atoms with Crippen LogP contribution >= 0.6 is 0 Å². The Kier molecular flexibility index (Phi) is 2.30. The van der Waals surface area contributed by atoms with Crippen LogP contribution in [0.4, 0.5) is 10.1 Å². The fourth-order valence-electron chi connectivity index (χ4n) is 1.74. The van der Waals surface area contributed by atoms with Gasteiger partial charge in [-0.2, -0.15) is 0 Å². The van der Waals surface area contributed by atoms with Crippen molar-refractivity contribution in [2.75, 3.05) is 5.73 Å². The van der Waals surface area contributed by atoms with E-state index in [0.717, 1.165) is 0 Å². The number of hydrogen-bond acceptors (Lipinski definition) is 2. The normalized spacial score (nSPS) is 10.7. The van der Waals surface area contributed by atoms with Crippen molar-refractivity contribution in [1.29, 1.82) is 0 Å². The number of halogens is 1. The van der Waals surface area contributed by atoms with Gasteiger partial charge >= 0.3 is 0 Å². The molecule has 0 aliphatic carbocycles. The Hall–Kier alpha value is -2.04. The van der Waals surface area contributed by atoms with Gasteiger partial charge < -0.3 is 5.73 Å².